The predicted octanol–water partition coefficient (Wildman–Crippen LogP) is 4.04. The second kappa shape index (κ2) is 5.92. The van der Waals surface area contributed by atoms with Crippen molar-refractivity contribution in [3.05, 3.63) is 59.9 Å². The molecule has 5 rings (SSSR count). The molecule has 3 aliphatic heterocycles. The quantitative estimate of drug-likeness (QED) is 0.759. The van der Waals surface area contributed by atoms with Gasteiger partial charge in [0.25, 0.3) is 0 Å². The Bertz CT molecular complexity index is 839. The van der Waals surface area contributed by atoms with Gasteiger partial charge >= 0.3 is 0 Å². The topological polar surface area (TPSA) is 53.6 Å². The van der Waals surface area contributed by atoms with E-state index in [2.05, 4.69) is 20.3 Å². The van der Waals surface area contributed by atoms with Gasteiger partial charge < -0.3 is 10.3 Å². The van der Waals surface area contributed by atoms with Gasteiger partial charge in [-0.05, 0) is 55.4 Å². The van der Waals surface area contributed by atoms with E-state index in [1.54, 1.807) is 12.1 Å². The molecule has 2 N–H and O–H groups in total. The number of hydrogen-bond acceptors (Lipinski definition) is 3. The number of piperidine rings is 1. The van der Waals surface area contributed by atoms with Crippen LogP contribution in [0.4, 0.5) is 4.39 Å². The van der Waals surface area contributed by atoms with Crippen LogP contribution in [-0.4, -0.2) is 21.0 Å². The smallest absolute Gasteiger partial charge is 0.123 e. The molecule has 3 atom stereocenters. The summed E-state index contributed by atoms with van der Waals surface area (Å²) in [4.78, 5) is 12.4. The number of fused-ring (bicyclic) bond motifs is 1. The zero-order valence-electron chi connectivity index (χ0n) is 14.0. The van der Waals surface area contributed by atoms with Crippen molar-refractivity contribution >= 4 is 0 Å². The van der Waals surface area contributed by atoms with Gasteiger partial charge in [0.05, 0.1) is 11.9 Å². The van der Waals surface area contributed by atoms with E-state index in [0.717, 1.165) is 41.5 Å². The van der Waals surface area contributed by atoms with Crippen LogP contribution >= 0.6 is 0 Å². The molecule has 1 aromatic rings. The van der Waals surface area contributed by atoms with Crippen LogP contribution in [0.1, 0.15) is 49.0 Å². The second-order valence-electron chi connectivity index (χ2n) is 7.40. The van der Waals surface area contributed by atoms with Gasteiger partial charge in [-0.15, -0.1) is 0 Å². The highest BCUT2D eigenvalue weighted by molar-refractivity contribution is 5.54. The number of nitrogens with zero attached hydrogens (tertiary/aromatic N) is 2. The molecule has 0 amide bonds. The number of hydrogen-bond donors (Lipinski definition) is 2. The van der Waals surface area contributed by atoms with E-state index in [9.17, 15) is 4.39 Å². The van der Waals surface area contributed by atoms with Crippen molar-refractivity contribution in [2.75, 3.05) is 0 Å². The molecule has 2 fully saturated rings. The Hall–Kier alpha value is -2.27. The highest BCUT2D eigenvalue weighted by Crippen LogP contribution is 2.43. The van der Waals surface area contributed by atoms with Crippen LogP contribution < -0.4 is 5.32 Å². The van der Waals surface area contributed by atoms with Crippen molar-refractivity contribution in [3.8, 4) is 11.4 Å². The summed E-state index contributed by atoms with van der Waals surface area (Å²) in [6.07, 6.45) is 8.36. The fraction of sp³-hybridized carbons (Fsp3) is 0.400. The van der Waals surface area contributed by atoms with E-state index in [1.165, 1.54) is 12.8 Å². The standard InChI is InChI=1S/C20H21FN4/c21-15-5-3-13(4-6-15)18-10-14(9-17(24-18)12-1-2-12)20-23-11-19-16(25-20)7-8-22-19/h3-8,11-12,14,17-18,24H,1-2,9-10H2,(H,23,25). The van der Waals surface area contributed by atoms with Gasteiger partial charge in [0.2, 0.25) is 0 Å². The summed E-state index contributed by atoms with van der Waals surface area (Å²) in [5.41, 5.74) is 3.11. The first-order chi connectivity index (χ1) is 12.3. The van der Waals surface area contributed by atoms with Crippen LogP contribution in [0.2, 0.25) is 0 Å². The maximum Gasteiger partial charge on any atom is 0.123 e. The molecule has 1 aliphatic carbocycles. The Morgan fingerprint density at radius 3 is 2.64 bits per heavy atom. The maximum atomic E-state index is 13.3. The minimum atomic E-state index is -0.181. The Morgan fingerprint density at radius 2 is 1.84 bits per heavy atom. The van der Waals surface area contributed by atoms with Crippen molar-refractivity contribution in [2.45, 2.75) is 43.7 Å². The van der Waals surface area contributed by atoms with Crippen LogP contribution in [0.25, 0.3) is 11.4 Å². The lowest BCUT2D eigenvalue weighted by Gasteiger charge is -2.36. The lowest BCUT2D eigenvalue weighted by Crippen LogP contribution is -2.41. The van der Waals surface area contributed by atoms with Crippen molar-refractivity contribution in [3.63, 3.8) is 0 Å². The highest BCUT2D eigenvalue weighted by Gasteiger charge is 2.39. The normalized spacial score (nSPS) is 26.8. The molecular formula is C20H21FN4. The summed E-state index contributed by atoms with van der Waals surface area (Å²) in [7, 11) is 0. The molecule has 5 heteroatoms. The number of aromatic nitrogens is 3. The molecule has 1 aromatic carbocycles. The fourth-order valence-corrected chi connectivity index (χ4v) is 4.12. The predicted molar refractivity (Wildman–Crippen MR) is 93.8 cm³/mol. The third-order valence-corrected chi connectivity index (χ3v) is 5.64. The zero-order chi connectivity index (χ0) is 16.8. The summed E-state index contributed by atoms with van der Waals surface area (Å²) in [6, 6.07) is 9.67. The minimum absolute atomic E-state index is 0.181. The summed E-state index contributed by atoms with van der Waals surface area (Å²) in [5.74, 6) is 2.01. The minimum Gasteiger partial charge on any atom is -0.342 e. The fourth-order valence-electron chi connectivity index (χ4n) is 4.12. The maximum absolute atomic E-state index is 13.3. The van der Waals surface area contributed by atoms with Crippen molar-refractivity contribution in [2.24, 2.45) is 5.92 Å². The van der Waals surface area contributed by atoms with E-state index in [-0.39, 0.29) is 11.9 Å². The number of benzene rings is 1. The number of halogens is 1. The lowest BCUT2D eigenvalue weighted by atomic mass is 9.83. The molecule has 3 heterocycles. The molecule has 1 saturated carbocycles. The van der Waals surface area contributed by atoms with Crippen molar-refractivity contribution in [1.29, 1.82) is 0 Å². The monoisotopic (exact) mass is 336 g/mol. The van der Waals surface area contributed by atoms with Gasteiger partial charge in [0, 0.05) is 24.2 Å². The summed E-state index contributed by atoms with van der Waals surface area (Å²) in [5, 5.41) is 3.81. The number of H-pyrrole nitrogens is 1. The van der Waals surface area contributed by atoms with Gasteiger partial charge in [0.1, 0.15) is 17.3 Å². The molecule has 3 unspecified atom stereocenters. The molecule has 0 spiro atoms. The second-order valence-corrected chi connectivity index (χ2v) is 7.40. The van der Waals surface area contributed by atoms with Crippen LogP contribution in [0.5, 0.6) is 0 Å². The van der Waals surface area contributed by atoms with Crippen LogP contribution in [0.3, 0.4) is 0 Å². The van der Waals surface area contributed by atoms with E-state index >= 15 is 0 Å². The molecule has 0 aromatic heterocycles. The van der Waals surface area contributed by atoms with E-state index in [0.29, 0.717) is 12.0 Å². The van der Waals surface area contributed by atoms with Crippen molar-refractivity contribution in [1.82, 2.24) is 20.3 Å². The largest absolute Gasteiger partial charge is 0.342 e. The summed E-state index contributed by atoms with van der Waals surface area (Å²) < 4.78 is 13.3. The molecule has 25 heavy (non-hydrogen) atoms. The summed E-state index contributed by atoms with van der Waals surface area (Å²) >= 11 is 0. The average molecular weight is 336 g/mol. The number of aromatic amines is 1. The van der Waals surface area contributed by atoms with E-state index < -0.39 is 0 Å². The zero-order valence-corrected chi connectivity index (χ0v) is 14.0. The molecule has 0 bridgehead atoms. The molecule has 128 valence electrons. The highest BCUT2D eigenvalue weighted by atomic mass is 19.1. The first-order valence-electron chi connectivity index (χ1n) is 9.07. The lowest BCUT2D eigenvalue weighted by molar-refractivity contribution is 0.265. The van der Waals surface area contributed by atoms with Gasteiger partial charge in [-0.1, -0.05) is 12.1 Å². The third kappa shape index (κ3) is 2.93. The molecule has 1 saturated heterocycles. The third-order valence-electron chi connectivity index (χ3n) is 5.64. The SMILES string of the molecule is Fc1ccc(C2CC(c3ncc4nccc-4[nH]3)CC(C3CC3)N2)cc1. The van der Waals surface area contributed by atoms with Gasteiger partial charge in [0.15, 0.2) is 0 Å². The molecule has 4 aliphatic rings. The summed E-state index contributed by atoms with van der Waals surface area (Å²) in [6.45, 7) is 0. The van der Waals surface area contributed by atoms with Gasteiger partial charge in [-0.3, -0.25) is 4.98 Å². The van der Waals surface area contributed by atoms with Crippen LogP contribution in [0, 0.1) is 11.7 Å². The Kier molecular flexibility index (Phi) is 3.55. The number of rotatable bonds is 3. The Balaban J connectivity index is 1.46. The van der Waals surface area contributed by atoms with Gasteiger partial charge in [-0.2, -0.15) is 0 Å². The molecule has 0 radical (unpaired) electrons. The van der Waals surface area contributed by atoms with Crippen molar-refractivity contribution < 1.29 is 4.39 Å². The van der Waals surface area contributed by atoms with E-state index in [4.69, 9.17) is 0 Å². The first kappa shape index (κ1) is 15.0. The van der Waals surface area contributed by atoms with E-state index in [1.807, 2.05) is 30.6 Å². The molecule has 4 nitrogen and oxygen atoms in total. The Labute approximate surface area is 146 Å². The molecular weight excluding hydrogens is 315 g/mol. The first-order valence-corrected chi connectivity index (χ1v) is 9.07. The number of nitrogens with one attached hydrogen (secondary N) is 2. The average Bonchev–Trinajstić information content (AvgIpc) is 3.39. The van der Waals surface area contributed by atoms with Crippen LogP contribution in [-0.2, 0) is 0 Å². The Morgan fingerprint density at radius 1 is 1.00 bits per heavy atom. The van der Waals surface area contributed by atoms with Gasteiger partial charge in [-0.25, -0.2) is 9.37 Å². The van der Waals surface area contributed by atoms with Crippen LogP contribution in [0.15, 0.2) is 42.7 Å².